The standard InChI is InChI=1S/C15H15N3O4/c1-2-16-15(22)17-10-5-3-9(4-6-10)12-8-7-11(14(20)21)13(19)18-12/h3-8H,2H2,1H3,(H,18,19)(H,20,21)(H2,16,17,22). The van der Waals surface area contributed by atoms with Crippen LogP contribution in [-0.2, 0) is 0 Å². The smallest absolute Gasteiger partial charge is 0.341 e. The molecule has 7 nitrogen and oxygen atoms in total. The normalized spacial score (nSPS) is 10.0. The molecule has 2 rings (SSSR count). The van der Waals surface area contributed by atoms with Crippen LogP contribution in [0.25, 0.3) is 11.3 Å². The van der Waals surface area contributed by atoms with Crippen LogP contribution in [0, 0.1) is 0 Å². The first-order chi connectivity index (χ1) is 10.5. The van der Waals surface area contributed by atoms with Gasteiger partial charge in [-0.2, -0.15) is 0 Å². The van der Waals surface area contributed by atoms with Crippen molar-refractivity contribution in [2.24, 2.45) is 0 Å². The van der Waals surface area contributed by atoms with Gasteiger partial charge in [0.25, 0.3) is 5.56 Å². The Hall–Kier alpha value is -3.09. The summed E-state index contributed by atoms with van der Waals surface area (Å²) in [5.74, 6) is -1.27. The van der Waals surface area contributed by atoms with Gasteiger partial charge in [-0.05, 0) is 36.8 Å². The van der Waals surface area contributed by atoms with E-state index in [2.05, 4.69) is 15.6 Å². The summed E-state index contributed by atoms with van der Waals surface area (Å²) in [5.41, 5.74) is 0.849. The highest BCUT2D eigenvalue weighted by atomic mass is 16.4. The van der Waals surface area contributed by atoms with Crippen molar-refractivity contribution in [1.82, 2.24) is 10.3 Å². The van der Waals surface area contributed by atoms with Crippen molar-refractivity contribution in [1.29, 1.82) is 0 Å². The van der Waals surface area contributed by atoms with Gasteiger partial charge in [0, 0.05) is 17.9 Å². The zero-order valence-corrected chi connectivity index (χ0v) is 11.8. The number of carbonyl (C=O) groups is 2. The second kappa shape index (κ2) is 6.57. The summed E-state index contributed by atoms with van der Waals surface area (Å²) in [7, 11) is 0. The molecule has 2 aromatic rings. The number of pyridine rings is 1. The summed E-state index contributed by atoms with van der Waals surface area (Å²) in [6.07, 6.45) is 0. The largest absolute Gasteiger partial charge is 0.477 e. The highest BCUT2D eigenvalue weighted by Gasteiger charge is 2.09. The Morgan fingerprint density at radius 3 is 2.36 bits per heavy atom. The SMILES string of the molecule is CCNC(=O)Nc1ccc(-c2ccc(C(=O)O)c(=O)[nH]2)cc1. The van der Waals surface area contributed by atoms with Gasteiger partial charge < -0.3 is 20.7 Å². The Balaban J connectivity index is 2.20. The first kappa shape index (κ1) is 15.3. The average Bonchev–Trinajstić information content (AvgIpc) is 2.47. The minimum Gasteiger partial charge on any atom is -0.477 e. The molecule has 0 spiro atoms. The molecule has 0 aliphatic carbocycles. The maximum absolute atomic E-state index is 11.6. The van der Waals surface area contributed by atoms with Gasteiger partial charge in [-0.25, -0.2) is 9.59 Å². The summed E-state index contributed by atoms with van der Waals surface area (Å²) in [6.45, 7) is 2.35. The third-order valence-electron chi connectivity index (χ3n) is 2.93. The molecular formula is C15H15N3O4. The number of aromatic amines is 1. The van der Waals surface area contributed by atoms with Crippen molar-refractivity contribution in [3.8, 4) is 11.3 Å². The number of nitrogens with one attached hydrogen (secondary N) is 3. The number of amides is 2. The second-order valence-electron chi connectivity index (χ2n) is 4.48. The van der Waals surface area contributed by atoms with Gasteiger partial charge in [-0.1, -0.05) is 12.1 Å². The van der Waals surface area contributed by atoms with Crippen LogP contribution in [0.4, 0.5) is 10.5 Å². The van der Waals surface area contributed by atoms with E-state index in [1.165, 1.54) is 12.1 Å². The number of benzene rings is 1. The fourth-order valence-electron chi connectivity index (χ4n) is 1.88. The van der Waals surface area contributed by atoms with Gasteiger partial charge in [0.05, 0.1) is 0 Å². The molecule has 0 bridgehead atoms. The van der Waals surface area contributed by atoms with Crippen LogP contribution in [0.5, 0.6) is 0 Å². The van der Waals surface area contributed by atoms with Crippen molar-refractivity contribution in [3.63, 3.8) is 0 Å². The maximum Gasteiger partial charge on any atom is 0.341 e. The van der Waals surface area contributed by atoms with E-state index < -0.39 is 11.5 Å². The summed E-state index contributed by atoms with van der Waals surface area (Å²) in [4.78, 5) is 36.3. The molecule has 0 atom stereocenters. The first-order valence-electron chi connectivity index (χ1n) is 6.63. The number of aromatic nitrogens is 1. The number of aromatic carboxylic acids is 1. The molecule has 0 radical (unpaired) electrons. The topological polar surface area (TPSA) is 111 Å². The minimum absolute atomic E-state index is 0.297. The summed E-state index contributed by atoms with van der Waals surface area (Å²) in [6, 6.07) is 9.30. The Labute approximate surface area is 126 Å². The van der Waals surface area contributed by atoms with Crippen LogP contribution in [0.3, 0.4) is 0 Å². The molecule has 0 aliphatic rings. The van der Waals surface area contributed by atoms with Crippen molar-refractivity contribution in [2.45, 2.75) is 6.92 Å². The second-order valence-corrected chi connectivity index (χ2v) is 4.48. The van der Waals surface area contributed by atoms with Gasteiger partial charge in [0.15, 0.2) is 0 Å². The molecule has 0 aliphatic heterocycles. The summed E-state index contributed by atoms with van der Waals surface area (Å²) in [5, 5.41) is 14.1. The molecule has 0 unspecified atom stereocenters. The molecule has 114 valence electrons. The van der Waals surface area contributed by atoms with E-state index >= 15 is 0 Å². The summed E-state index contributed by atoms with van der Waals surface area (Å²) < 4.78 is 0. The first-order valence-corrected chi connectivity index (χ1v) is 6.63. The fraction of sp³-hybridized carbons (Fsp3) is 0.133. The lowest BCUT2D eigenvalue weighted by Gasteiger charge is -2.07. The zero-order chi connectivity index (χ0) is 16.1. The predicted octanol–water partition coefficient (Wildman–Crippen LogP) is 1.88. The molecule has 22 heavy (non-hydrogen) atoms. The maximum atomic E-state index is 11.6. The number of hydrogen-bond donors (Lipinski definition) is 4. The highest BCUT2D eigenvalue weighted by molar-refractivity contribution is 5.89. The van der Waals surface area contributed by atoms with Gasteiger partial charge >= 0.3 is 12.0 Å². The van der Waals surface area contributed by atoms with E-state index in [4.69, 9.17) is 5.11 Å². The molecule has 0 saturated carbocycles. The van der Waals surface area contributed by atoms with E-state index in [9.17, 15) is 14.4 Å². The minimum atomic E-state index is -1.27. The van der Waals surface area contributed by atoms with Gasteiger partial charge in [0.2, 0.25) is 0 Å². The predicted molar refractivity (Wildman–Crippen MR) is 82.2 cm³/mol. The van der Waals surface area contributed by atoms with Crippen molar-refractivity contribution in [2.75, 3.05) is 11.9 Å². The monoisotopic (exact) mass is 301 g/mol. The Morgan fingerprint density at radius 2 is 1.82 bits per heavy atom. The van der Waals surface area contributed by atoms with E-state index in [0.29, 0.717) is 23.5 Å². The lowest BCUT2D eigenvalue weighted by molar-refractivity contribution is 0.0695. The number of rotatable bonds is 4. The number of hydrogen-bond acceptors (Lipinski definition) is 3. The number of carboxylic acids is 1. The number of H-pyrrole nitrogens is 1. The number of anilines is 1. The fourth-order valence-corrected chi connectivity index (χ4v) is 1.88. The molecular weight excluding hydrogens is 286 g/mol. The molecule has 0 saturated heterocycles. The summed E-state index contributed by atoms with van der Waals surface area (Å²) >= 11 is 0. The van der Waals surface area contributed by atoms with E-state index in [1.807, 2.05) is 6.92 Å². The zero-order valence-electron chi connectivity index (χ0n) is 11.8. The molecule has 7 heteroatoms. The van der Waals surface area contributed by atoms with Crippen LogP contribution in [-0.4, -0.2) is 28.6 Å². The average molecular weight is 301 g/mol. The van der Waals surface area contributed by atoms with Crippen molar-refractivity contribution < 1.29 is 14.7 Å². The van der Waals surface area contributed by atoms with Crippen LogP contribution >= 0.6 is 0 Å². The molecule has 2 amide bonds. The Bertz CT molecular complexity index is 750. The molecule has 1 heterocycles. The quantitative estimate of drug-likeness (QED) is 0.690. The van der Waals surface area contributed by atoms with Crippen LogP contribution in [0.15, 0.2) is 41.2 Å². The molecule has 1 aromatic carbocycles. The van der Waals surface area contributed by atoms with Crippen molar-refractivity contribution in [3.05, 3.63) is 52.3 Å². The van der Waals surface area contributed by atoms with E-state index in [0.717, 1.165) is 0 Å². The number of urea groups is 1. The van der Waals surface area contributed by atoms with E-state index in [-0.39, 0.29) is 11.6 Å². The molecule has 0 fully saturated rings. The number of carboxylic acid groups (broad SMARTS) is 1. The van der Waals surface area contributed by atoms with Crippen molar-refractivity contribution >= 4 is 17.7 Å². The van der Waals surface area contributed by atoms with Gasteiger partial charge in [-0.15, -0.1) is 0 Å². The highest BCUT2D eigenvalue weighted by Crippen LogP contribution is 2.18. The van der Waals surface area contributed by atoms with Crippen LogP contribution < -0.4 is 16.2 Å². The number of carbonyl (C=O) groups excluding carboxylic acids is 1. The van der Waals surface area contributed by atoms with Crippen LogP contribution in [0.1, 0.15) is 17.3 Å². The Morgan fingerprint density at radius 1 is 1.14 bits per heavy atom. The lowest BCUT2D eigenvalue weighted by atomic mass is 10.1. The third kappa shape index (κ3) is 3.51. The molecule has 1 aromatic heterocycles. The Kier molecular flexibility index (Phi) is 4.57. The third-order valence-corrected chi connectivity index (χ3v) is 2.93. The molecule has 4 N–H and O–H groups in total. The lowest BCUT2D eigenvalue weighted by Crippen LogP contribution is -2.28. The van der Waals surface area contributed by atoms with Gasteiger partial charge in [0.1, 0.15) is 5.56 Å². The van der Waals surface area contributed by atoms with Crippen LogP contribution in [0.2, 0.25) is 0 Å². The van der Waals surface area contributed by atoms with Gasteiger partial charge in [-0.3, -0.25) is 4.79 Å². The van der Waals surface area contributed by atoms with E-state index in [1.54, 1.807) is 24.3 Å².